The highest BCUT2D eigenvalue weighted by atomic mass is 79.9. The van der Waals surface area contributed by atoms with Gasteiger partial charge in [-0.2, -0.15) is 0 Å². The first-order valence-electron chi connectivity index (χ1n) is 8.69. The lowest BCUT2D eigenvalue weighted by atomic mass is 9.58. The molecule has 2 rings (SSSR count). The SMILES string of the molecule is CC(C)(CC(=O)OCCc1ccccc1Br)B1OC(C)(C)C(C)(C)O1. The van der Waals surface area contributed by atoms with Gasteiger partial charge in [0.2, 0.25) is 0 Å². The van der Waals surface area contributed by atoms with Crippen molar-refractivity contribution in [1.82, 2.24) is 0 Å². The molecule has 0 saturated carbocycles. The predicted octanol–water partition coefficient (Wildman–Crippen LogP) is 4.80. The third-order valence-corrected chi connectivity index (χ3v) is 5.86. The summed E-state index contributed by atoms with van der Waals surface area (Å²) in [6.07, 6.45) is 0.934. The fourth-order valence-electron chi connectivity index (χ4n) is 2.64. The summed E-state index contributed by atoms with van der Waals surface area (Å²) in [5, 5.41) is -0.463. The summed E-state index contributed by atoms with van der Waals surface area (Å²) in [6.45, 7) is 12.4. The van der Waals surface area contributed by atoms with Crippen molar-refractivity contribution in [3.8, 4) is 0 Å². The second kappa shape index (κ2) is 7.41. The topological polar surface area (TPSA) is 44.8 Å². The molecule has 0 aromatic heterocycles. The second-order valence-electron chi connectivity index (χ2n) is 8.32. The Balaban J connectivity index is 1.86. The maximum atomic E-state index is 12.3. The standard InChI is InChI=1S/C19H28BBrO4/c1-17(2,20-24-18(3,4)19(5,6)25-20)13-16(22)23-12-11-14-9-7-8-10-15(14)21/h7-10H,11-13H2,1-6H3. The first-order chi connectivity index (χ1) is 11.4. The summed E-state index contributed by atoms with van der Waals surface area (Å²) in [6, 6.07) is 7.95. The number of hydrogen-bond acceptors (Lipinski definition) is 4. The first kappa shape index (κ1) is 20.5. The van der Waals surface area contributed by atoms with Crippen LogP contribution < -0.4 is 0 Å². The lowest BCUT2D eigenvalue weighted by Crippen LogP contribution is -2.41. The van der Waals surface area contributed by atoms with Crippen molar-refractivity contribution in [2.24, 2.45) is 0 Å². The minimum atomic E-state index is -0.463. The van der Waals surface area contributed by atoms with Gasteiger partial charge in [0.05, 0.1) is 17.8 Å². The van der Waals surface area contributed by atoms with Crippen molar-refractivity contribution in [3.05, 3.63) is 34.3 Å². The van der Waals surface area contributed by atoms with Crippen molar-refractivity contribution in [2.75, 3.05) is 6.61 Å². The van der Waals surface area contributed by atoms with Crippen LogP contribution in [0.2, 0.25) is 5.31 Å². The third kappa shape index (κ3) is 4.86. The van der Waals surface area contributed by atoms with E-state index in [1.807, 2.05) is 65.8 Å². The zero-order valence-corrected chi connectivity index (χ0v) is 17.6. The lowest BCUT2D eigenvalue weighted by Gasteiger charge is -2.32. The molecule has 0 atom stereocenters. The molecule has 0 N–H and O–H groups in total. The van der Waals surface area contributed by atoms with Crippen LogP contribution in [0.15, 0.2) is 28.7 Å². The number of benzene rings is 1. The van der Waals surface area contributed by atoms with E-state index in [9.17, 15) is 4.79 Å². The molecule has 0 spiro atoms. The summed E-state index contributed by atoms with van der Waals surface area (Å²) < 4.78 is 18.6. The van der Waals surface area contributed by atoms with E-state index in [-0.39, 0.29) is 12.4 Å². The van der Waals surface area contributed by atoms with Crippen LogP contribution in [-0.4, -0.2) is 30.9 Å². The number of hydrogen-bond donors (Lipinski definition) is 0. The van der Waals surface area contributed by atoms with Crippen LogP contribution >= 0.6 is 15.9 Å². The van der Waals surface area contributed by atoms with E-state index in [2.05, 4.69) is 15.9 Å². The monoisotopic (exact) mass is 410 g/mol. The van der Waals surface area contributed by atoms with E-state index >= 15 is 0 Å². The maximum absolute atomic E-state index is 12.3. The van der Waals surface area contributed by atoms with Crippen molar-refractivity contribution in [3.63, 3.8) is 0 Å². The molecule has 4 nitrogen and oxygen atoms in total. The Morgan fingerprint density at radius 1 is 1.16 bits per heavy atom. The molecule has 1 fully saturated rings. The van der Waals surface area contributed by atoms with Crippen molar-refractivity contribution < 1.29 is 18.8 Å². The Labute approximate surface area is 159 Å². The van der Waals surface area contributed by atoms with Gasteiger partial charge in [0.15, 0.2) is 0 Å². The van der Waals surface area contributed by atoms with Crippen LogP contribution in [0.1, 0.15) is 53.5 Å². The van der Waals surface area contributed by atoms with Gasteiger partial charge in [0, 0.05) is 22.6 Å². The van der Waals surface area contributed by atoms with E-state index < -0.39 is 23.6 Å². The van der Waals surface area contributed by atoms with Gasteiger partial charge in [-0.15, -0.1) is 0 Å². The van der Waals surface area contributed by atoms with Gasteiger partial charge in [-0.3, -0.25) is 4.79 Å². The van der Waals surface area contributed by atoms with Crippen LogP contribution in [0.25, 0.3) is 0 Å². The fraction of sp³-hybridized carbons (Fsp3) is 0.632. The third-order valence-electron chi connectivity index (χ3n) is 5.08. The smallest absolute Gasteiger partial charge is 0.464 e. The number of halogens is 1. The molecule has 1 aromatic carbocycles. The molecule has 25 heavy (non-hydrogen) atoms. The number of esters is 1. The van der Waals surface area contributed by atoms with Crippen molar-refractivity contribution >= 4 is 29.0 Å². The number of ether oxygens (including phenoxy) is 1. The van der Waals surface area contributed by atoms with Gasteiger partial charge in [0.1, 0.15) is 0 Å². The molecule has 1 aliphatic rings. The first-order valence-corrected chi connectivity index (χ1v) is 9.49. The highest BCUT2D eigenvalue weighted by molar-refractivity contribution is 9.10. The van der Waals surface area contributed by atoms with Crippen LogP contribution in [0, 0.1) is 0 Å². The van der Waals surface area contributed by atoms with E-state index in [4.69, 9.17) is 14.0 Å². The molecule has 0 amide bonds. The molecule has 0 unspecified atom stereocenters. The lowest BCUT2D eigenvalue weighted by molar-refractivity contribution is -0.144. The highest BCUT2D eigenvalue weighted by Gasteiger charge is 2.56. The van der Waals surface area contributed by atoms with E-state index in [0.717, 1.165) is 10.0 Å². The van der Waals surface area contributed by atoms with E-state index in [1.54, 1.807) is 0 Å². The zero-order chi connectivity index (χ0) is 18.9. The second-order valence-corrected chi connectivity index (χ2v) is 9.17. The van der Waals surface area contributed by atoms with E-state index in [1.165, 1.54) is 0 Å². The zero-order valence-electron chi connectivity index (χ0n) is 16.0. The molecule has 0 bridgehead atoms. The van der Waals surface area contributed by atoms with Gasteiger partial charge >= 0.3 is 13.1 Å². The molecule has 1 aromatic rings. The van der Waals surface area contributed by atoms with Gasteiger partial charge < -0.3 is 14.0 Å². The highest BCUT2D eigenvalue weighted by Crippen LogP contribution is 2.46. The molecular weight excluding hydrogens is 383 g/mol. The predicted molar refractivity (Wildman–Crippen MR) is 104 cm³/mol. The number of carbonyl (C=O) groups excluding carboxylic acids is 1. The summed E-state index contributed by atoms with van der Waals surface area (Å²) in [4.78, 5) is 12.3. The number of rotatable bonds is 6. The van der Waals surface area contributed by atoms with Gasteiger partial charge in [0.25, 0.3) is 0 Å². The van der Waals surface area contributed by atoms with Crippen LogP contribution in [-0.2, 0) is 25.3 Å². The van der Waals surface area contributed by atoms with E-state index in [0.29, 0.717) is 13.0 Å². The summed E-state index contributed by atoms with van der Waals surface area (Å²) in [5.41, 5.74) is 0.317. The molecule has 0 aliphatic carbocycles. The van der Waals surface area contributed by atoms with Crippen LogP contribution in [0.4, 0.5) is 0 Å². The van der Waals surface area contributed by atoms with Crippen LogP contribution in [0.3, 0.4) is 0 Å². The summed E-state index contributed by atoms with van der Waals surface area (Å²) in [5.74, 6) is -0.230. The van der Waals surface area contributed by atoms with Crippen LogP contribution in [0.5, 0.6) is 0 Å². The Kier molecular flexibility index (Phi) is 6.07. The Hall–Kier alpha value is -0.845. The molecule has 1 saturated heterocycles. The van der Waals surface area contributed by atoms with Gasteiger partial charge in [-0.05, 0) is 39.3 Å². The molecule has 1 aliphatic heterocycles. The Morgan fingerprint density at radius 3 is 2.28 bits per heavy atom. The molecule has 1 heterocycles. The fourth-order valence-corrected chi connectivity index (χ4v) is 3.13. The molecular formula is C19H28BBrO4. The van der Waals surface area contributed by atoms with Crippen molar-refractivity contribution in [1.29, 1.82) is 0 Å². The number of carbonyl (C=O) groups is 1. The molecule has 138 valence electrons. The average Bonchev–Trinajstić information content (AvgIpc) is 2.70. The largest absolute Gasteiger partial charge is 0.465 e. The average molecular weight is 411 g/mol. The normalized spacial score (nSPS) is 19.1. The minimum absolute atomic E-state index is 0.230. The summed E-state index contributed by atoms with van der Waals surface area (Å²) in [7, 11) is -0.437. The maximum Gasteiger partial charge on any atom is 0.464 e. The minimum Gasteiger partial charge on any atom is -0.465 e. The van der Waals surface area contributed by atoms with Crippen molar-refractivity contribution in [2.45, 2.75) is 70.9 Å². The molecule has 6 heteroatoms. The Bertz CT molecular complexity index is 612. The quantitative estimate of drug-likeness (QED) is 0.499. The summed E-state index contributed by atoms with van der Waals surface area (Å²) >= 11 is 3.50. The molecule has 0 radical (unpaired) electrons. The Morgan fingerprint density at radius 2 is 1.72 bits per heavy atom. The van der Waals surface area contributed by atoms with Gasteiger partial charge in [-0.25, -0.2) is 0 Å². The van der Waals surface area contributed by atoms with Gasteiger partial charge in [-0.1, -0.05) is 48.0 Å².